The third kappa shape index (κ3) is 9.50. The molecule has 2 aliphatic heterocycles. The first kappa shape index (κ1) is 36.6. The zero-order valence-electron chi connectivity index (χ0n) is 29.7. The Kier molecular flexibility index (Phi) is 12.3. The van der Waals surface area contributed by atoms with Crippen molar-refractivity contribution in [3.8, 4) is 0 Å². The van der Waals surface area contributed by atoms with E-state index in [-0.39, 0.29) is 47.3 Å². The Hall–Kier alpha value is -4.70. The maximum absolute atomic E-state index is 14.7. The normalized spacial score (nSPS) is 21.1. The molecule has 0 unspecified atom stereocenters. The molecule has 2 heterocycles. The van der Waals surface area contributed by atoms with Crippen molar-refractivity contribution in [1.29, 1.82) is 0 Å². The number of urea groups is 1. The highest BCUT2D eigenvalue weighted by molar-refractivity contribution is 5.94. The van der Waals surface area contributed by atoms with Gasteiger partial charge in [0.2, 0.25) is 17.7 Å². The summed E-state index contributed by atoms with van der Waals surface area (Å²) in [5.74, 6) is -0.954. The van der Waals surface area contributed by atoms with Crippen LogP contribution in [0.3, 0.4) is 0 Å². The Labute approximate surface area is 296 Å². The molecule has 5 N–H and O–H groups in total. The number of fused-ring (bicyclic) bond motifs is 1. The number of rotatable bonds is 12. The lowest BCUT2D eigenvalue weighted by molar-refractivity contribution is -0.143. The van der Waals surface area contributed by atoms with Gasteiger partial charge in [0.15, 0.2) is 0 Å². The number of nitrogens with one attached hydrogen (secondary N) is 5. The number of carbonyl (C=O) groups is 4. The summed E-state index contributed by atoms with van der Waals surface area (Å²) in [6.45, 7) is 6.09. The van der Waals surface area contributed by atoms with Crippen molar-refractivity contribution in [3.05, 3.63) is 108 Å². The first-order valence-electron chi connectivity index (χ1n) is 17.8. The van der Waals surface area contributed by atoms with Crippen molar-refractivity contribution >= 4 is 23.8 Å². The van der Waals surface area contributed by atoms with Gasteiger partial charge in [0.05, 0.1) is 12.1 Å². The van der Waals surface area contributed by atoms with Crippen molar-refractivity contribution < 1.29 is 19.2 Å². The second-order valence-corrected chi connectivity index (χ2v) is 14.5. The lowest BCUT2D eigenvalue weighted by Crippen LogP contribution is -2.58. The molecule has 10 heteroatoms. The monoisotopic (exact) mass is 680 g/mol. The molecule has 0 spiro atoms. The average molecular weight is 681 g/mol. The number of likely N-dealkylation sites (N-methyl/N-ethyl adjacent to an activating group) is 1. The first-order valence-corrected chi connectivity index (χ1v) is 17.8. The molecular weight excluding hydrogens is 628 g/mol. The van der Waals surface area contributed by atoms with Crippen LogP contribution in [0.25, 0.3) is 0 Å². The van der Waals surface area contributed by atoms with E-state index >= 15 is 0 Å². The van der Waals surface area contributed by atoms with Crippen LogP contribution < -0.4 is 26.6 Å². The highest BCUT2D eigenvalue weighted by Gasteiger charge is 2.48. The van der Waals surface area contributed by atoms with Crippen molar-refractivity contribution in [1.82, 2.24) is 31.5 Å². The number of amides is 5. The van der Waals surface area contributed by atoms with Gasteiger partial charge in [-0.05, 0) is 89.0 Å². The van der Waals surface area contributed by atoms with Crippen LogP contribution in [0.15, 0.2) is 91.0 Å². The average Bonchev–Trinajstić information content (AvgIpc) is 3.49. The van der Waals surface area contributed by atoms with Crippen LogP contribution >= 0.6 is 0 Å². The summed E-state index contributed by atoms with van der Waals surface area (Å²) < 4.78 is 0. The topological polar surface area (TPSA) is 132 Å². The van der Waals surface area contributed by atoms with E-state index in [1.165, 1.54) is 0 Å². The molecular formula is C40H52N6O4. The van der Waals surface area contributed by atoms with E-state index in [0.29, 0.717) is 45.1 Å². The fraction of sp³-hybridized carbons (Fsp3) is 0.450. The summed E-state index contributed by atoms with van der Waals surface area (Å²) in [5, 5.41) is 15.3. The fourth-order valence-electron chi connectivity index (χ4n) is 7.26. The van der Waals surface area contributed by atoms with Crippen LogP contribution in [0.5, 0.6) is 0 Å². The van der Waals surface area contributed by atoms with E-state index in [4.69, 9.17) is 0 Å². The Bertz CT molecular complexity index is 1540. The van der Waals surface area contributed by atoms with Crippen LogP contribution in [0, 0.1) is 5.92 Å². The molecule has 50 heavy (non-hydrogen) atoms. The fourth-order valence-corrected chi connectivity index (χ4v) is 7.26. The van der Waals surface area contributed by atoms with Gasteiger partial charge in [0.25, 0.3) is 0 Å². The predicted octanol–water partition coefficient (Wildman–Crippen LogP) is 4.47. The van der Waals surface area contributed by atoms with Gasteiger partial charge in [-0.2, -0.15) is 0 Å². The Morgan fingerprint density at radius 3 is 1.98 bits per heavy atom. The molecule has 5 amide bonds. The van der Waals surface area contributed by atoms with E-state index in [2.05, 4.69) is 26.6 Å². The van der Waals surface area contributed by atoms with Gasteiger partial charge in [-0.1, -0.05) is 91.0 Å². The number of hydrogen-bond donors (Lipinski definition) is 5. The Morgan fingerprint density at radius 2 is 1.40 bits per heavy atom. The lowest BCUT2D eigenvalue weighted by atomic mass is 9.90. The number of benzene rings is 3. The van der Waals surface area contributed by atoms with Crippen LogP contribution in [0.4, 0.5) is 4.79 Å². The highest BCUT2D eigenvalue weighted by Crippen LogP contribution is 2.36. The van der Waals surface area contributed by atoms with Crippen LogP contribution in [-0.2, 0) is 20.8 Å². The zero-order valence-corrected chi connectivity index (χ0v) is 29.7. The van der Waals surface area contributed by atoms with E-state index in [1.54, 1.807) is 11.9 Å². The summed E-state index contributed by atoms with van der Waals surface area (Å²) in [6.07, 6.45) is 3.60. The predicted molar refractivity (Wildman–Crippen MR) is 195 cm³/mol. The zero-order chi connectivity index (χ0) is 35.7. The third-order valence-electron chi connectivity index (χ3n) is 9.75. The van der Waals surface area contributed by atoms with Crippen molar-refractivity contribution in [2.45, 2.75) is 95.0 Å². The second-order valence-electron chi connectivity index (χ2n) is 14.5. The van der Waals surface area contributed by atoms with E-state index in [0.717, 1.165) is 16.7 Å². The number of hydrogen-bond acceptors (Lipinski definition) is 5. The molecule has 0 saturated carbocycles. The highest BCUT2D eigenvalue weighted by atomic mass is 16.2. The number of nitrogens with zero attached hydrogens (tertiary/aromatic N) is 1. The summed E-state index contributed by atoms with van der Waals surface area (Å²) in [4.78, 5) is 57.0. The summed E-state index contributed by atoms with van der Waals surface area (Å²) in [7, 11) is 1.74. The van der Waals surface area contributed by atoms with E-state index < -0.39 is 18.1 Å². The molecule has 10 nitrogen and oxygen atoms in total. The van der Waals surface area contributed by atoms with Gasteiger partial charge in [-0.25, -0.2) is 4.79 Å². The molecule has 0 bridgehead atoms. The Balaban J connectivity index is 1.37. The van der Waals surface area contributed by atoms with Crippen LogP contribution in [-0.4, -0.2) is 72.0 Å². The molecule has 5 atom stereocenters. The van der Waals surface area contributed by atoms with Crippen molar-refractivity contribution in [2.75, 3.05) is 13.6 Å². The summed E-state index contributed by atoms with van der Waals surface area (Å²) in [5.41, 5.74) is 2.52. The Morgan fingerprint density at radius 1 is 0.820 bits per heavy atom. The van der Waals surface area contributed by atoms with Gasteiger partial charge < -0.3 is 31.5 Å². The second kappa shape index (κ2) is 16.8. The molecule has 3 aromatic carbocycles. The quantitative estimate of drug-likeness (QED) is 0.193. The molecule has 3 aromatic rings. The van der Waals surface area contributed by atoms with Gasteiger partial charge >= 0.3 is 6.03 Å². The SMILES string of the molecule is CN[C@H](Cc1ccccc1)C(=O)N[C@@H]1C(=O)N2[C@@H](CC[C@@H]1CCNC(=O)NC(C)(C)C)CC[C@H]2C(=O)NC(c1ccccc1)c1ccccc1. The third-order valence-corrected chi connectivity index (χ3v) is 9.75. The molecule has 0 radical (unpaired) electrons. The standard InChI is InChI=1S/C40H52N6O4/c1-40(2,3)45-39(50)42-25-24-30-20-21-31-22-23-33(37(48)43-34(28-16-10-6-11-17-28)29-18-12-7-13-19-29)46(31)38(49)35(30)44-36(47)32(41-4)26-27-14-8-5-9-15-27/h5-19,30-35,41H,20-26H2,1-4H3,(H,43,48)(H,44,47)(H2,42,45,50)/t30-,31+,32-,33+,35+/m1/s1. The van der Waals surface area contributed by atoms with E-state index in [1.807, 2.05) is 112 Å². The van der Waals surface area contributed by atoms with Gasteiger partial charge in [-0.3, -0.25) is 14.4 Å². The van der Waals surface area contributed by atoms with Gasteiger partial charge in [-0.15, -0.1) is 0 Å². The van der Waals surface area contributed by atoms with Crippen LogP contribution in [0.1, 0.15) is 75.6 Å². The molecule has 2 aliphatic rings. The molecule has 0 aromatic heterocycles. The maximum Gasteiger partial charge on any atom is 0.315 e. The largest absolute Gasteiger partial charge is 0.343 e. The maximum atomic E-state index is 14.7. The minimum atomic E-state index is -0.848. The minimum Gasteiger partial charge on any atom is -0.343 e. The molecule has 2 fully saturated rings. The van der Waals surface area contributed by atoms with Crippen molar-refractivity contribution in [2.24, 2.45) is 5.92 Å². The first-order chi connectivity index (χ1) is 24.0. The molecule has 2 saturated heterocycles. The van der Waals surface area contributed by atoms with Crippen LogP contribution in [0.2, 0.25) is 0 Å². The van der Waals surface area contributed by atoms with Gasteiger partial charge in [0, 0.05) is 18.1 Å². The summed E-state index contributed by atoms with van der Waals surface area (Å²) >= 11 is 0. The van der Waals surface area contributed by atoms with E-state index in [9.17, 15) is 19.2 Å². The summed E-state index contributed by atoms with van der Waals surface area (Å²) in [6, 6.07) is 26.6. The smallest absolute Gasteiger partial charge is 0.315 e. The molecule has 0 aliphatic carbocycles. The number of carbonyl (C=O) groups excluding carboxylic acids is 4. The minimum absolute atomic E-state index is 0.115. The van der Waals surface area contributed by atoms with Crippen molar-refractivity contribution in [3.63, 3.8) is 0 Å². The lowest BCUT2D eigenvalue weighted by Gasteiger charge is -2.33. The molecule has 266 valence electrons. The molecule has 5 rings (SSSR count). The van der Waals surface area contributed by atoms with Gasteiger partial charge in [0.1, 0.15) is 12.1 Å².